The van der Waals surface area contributed by atoms with Crippen molar-refractivity contribution in [3.05, 3.63) is 36.0 Å². The van der Waals surface area contributed by atoms with Crippen LogP contribution < -0.4 is 11.1 Å². The van der Waals surface area contributed by atoms with Gasteiger partial charge in [0.1, 0.15) is 0 Å². The van der Waals surface area contributed by atoms with E-state index in [0.29, 0.717) is 18.1 Å². The molecule has 0 fully saturated rings. The number of nitrogens with zero attached hydrogens (tertiary/aromatic N) is 2. The van der Waals surface area contributed by atoms with Crippen molar-refractivity contribution in [2.24, 2.45) is 0 Å². The molecule has 0 atom stereocenters. The Morgan fingerprint density at radius 2 is 2.35 bits per heavy atom. The van der Waals surface area contributed by atoms with Crippen LogP contribution in [-0.4, -0.2) is 21.2 Å². The van der Waals surface area contributed by atoms with Gasteiger partial charge in [-0.25, -0.2) is 4.79 Å². The van der Waals surface area contributed by atoms with Crippen LogP contribution in [0.2, 0.25) is 0 Å². The first-order valence-corrected chi connectivity index (χ1v) is 4.79. The minimum absolute atomic E-state index is 0.0584. The van der Waals surface area contributed by atoms with Crippen LogP contribution in [0.3, 0.4) is 0 Å². The van der Waals surface area contributed by atoms with Gasteiger partial charge in [0.2, 0.25) is 6.39 Å². The van der Waals surface area contributed by atoms with Crippen LogP contribution in [0.25, 0.3) is 0 Å². The first-order valence-electron chi connectivity index (χ1n) is 4.79. The summed E-state index contributed by atoms with van der Waals surface area (Å²) in [7, 11) is 0. The highest BCUT2D eigenvalue weighted by Crippen LogP contribution is 2.22. The van der Waals surface area contributed by atoms with Crippen LogP contribution in [0.1, 0.15) is 16.2 Å². The standard InChI is InChI=1S/C10H10N4O3/c11-9-6(10(15)16)2-1-3-7(9)12-4-8-13-5-17-14-8/h1-3,5,12H,4,11H2,(H,15,16). The van der Waals surface area contributed by atoms with Crippen LogP contribution in [-0.2, 0) is 6.54 Å². The lowest BCUT2D eigenvalue weighted by molar-refractivity contribution is 0.0698. The van der Waals surface area contributed by atoms with Crippen molar-refractivity contribution in [2.75, 3.05) is 11.1 Å². The number of nitrogen functional groups attached to an aromatic ring is 1. The number of aromatic nitrogens is 2. The minimum atomic E-state index is -1.06. The highest BCUT2D eigenvalue weighted by atomic mass is 16.5. The number of nitrogens with one attached hydrogen (secondary N) is 1. The number of hydrogen-bond acceptors (Lipinski definition) is 6. The first-order chi connectivity index (χ1) is 8.18. The lowest BCUT2D eigenvalue weighted by atomic mass is 10.1. The molecule has 88 valence electrons. The summed E-state index contributed by atoms with van der Waals surface area (Å²) in [4.78, 5) is 14.7. The molecule has 1 heterocycles. The largest absolute Gasteiger partial charge is 0.478 e. The Morgan fingerprint density at radius 1 is 1.53 bits per heavy atom. The molecule has 1 aromatic heterocycles. The average molecular weight is 234 g/mol. The Hall–Kier alpha value is -2.57. The van der Waals surface area contributed by atoms with Gasteiger partial charge in [0.25, 0.3) is 0 Å². The molecule has 7 heteroatoms. The third-order valence-electron chi connectivity index (χ3n) is 2.18. The Bertz CT molecular complexity index is 524. The smallest absolute Gasteiger partial charge is 0.337 e. The van der Waals surface area contributed by atoms with E-state index in [4.69, 9.17) is 10.8 Å². The van der Waals surface area contributed by atoms with E-state index in [-0.39, 0.29) is 11.3 Å². The van der Waals surface area contributed by atoms with Crippen molar-refractivity contribution in [3.63, 3.8) is 0 Å². The number of carbonyl (C=O) groups is 1. The fourth-order valence-electron chi connectivity index (χ4n) is 1.35. The predicted octanol–water partition coefficient (Wildman–Crippen LogP) is 0.962. The van der Waals surface area contributed by atoms with Gasteiger partial charge in [0.15, 0.2) is 5.82 Å². The number of para-hydroxylation sites is 1. The first kappa shape index (κ1) is 10.9. The van der Waals surface area contributed by atoms with Gasteiger partial charge in [0.05, 0.1) is 23.5 Å². The molecule has 1 aromatic carbocycles. The second-order valence-corrected chi connectivity index (χ2v) is 3.27. The maximum Gasteiger partial charge on any atom is 0.337 e. The SMILES string of the molecule is Nc1c(NCc2ncon2)cccc1C(=O)O. The van der Waals surface area contributed by atoms with E-state index in [1.165, 1.54) is 12.5 Å². The van der Waals surface area contributed by atoms with Crippen molar-refractivity contribution in [1.82, 2.24) is 10.1 Å². The fraction of sp³-hybridized carbons (Fsp3) is 0.100. The number of carboxylic acids is 1. The number of rotatable bonds is 4. The summed E-state index contributed by atoms with van der Waals surface area (Å²) in [5, 5.41) is 15.4. The lowest BCUT2D eigenvalue weighted by Crippen LogP contribution is -2.08. The number of hydrogen-bond donors (Lipinski definition) is 3. The zero-order valence-electron chi connectivity index (χ0n) is 8.75. The molecule has 0 aliphatic heterocycles. The van der Waals surface area contributed by atoms with Crippen molar-refractivity contribution < 1.29 is 14.4 Å². The summed E-state index contributed by atoms with van der Waals surface area (Å²) in [6.45, 7) is 0.309. The van der Waals surface area contributed by atoms with Crippen molar-refractivity contribution >= 4 is 17.3 Å². The zero-order valence-corrected chi connectivity index (χ0v) is 8.75. The van der Waals surface area contributed by atoms with E-state index in [1.807, 2.05) is 0 Å². The maximum absolute atomic E-state index is 10.9. The molecule has 0 aliphatic carbocycles. The van der Waals surface area contributed by atoms with E-state index >= 15 is 0 Å². The molecule has 2 aromatic rings. The summed E-state index contributed by atoms with van der Waals surface area (Å²) in [5.41, 5.74) is 6.48. The Morgan fingerprint density at radius 3 is 3.00 bits per heavy atom. The number of carboxylic acid groups (broad SMARTS) is 1. The van der Waals surface area contributed by atoms with Crippen LogP contribution in [0.5, 0.6) is 0 Å². The van der Waals surface area contributed by atoms with Gasteiger partial charge < -0.3 is 20.7 Å². The fourth-order valence-corrected chi connectivity index (χ4v) is 1.35. The van der Waals surface area contributed by atoms with Crippen molar-refractivity contribution in [2.45, 2.75) is 6.54 Å². The minimum Gasteiger partial charge on any atom is -0.478 e. The molecule has 0 unspecified atom stereocenters. The van der Waals surface area contributed by atoms with Crippen molar-refractivity contribution in [1.29, 1.82) is 0 Å². The summed E-state index contributed by atoms with van der Waals surface area (Å²) in [6, 6.07) is 4.73. The summed E-state index contributed by atoms with van der Waals surface area (Å²) in [6.07, 6.45) is 1.22. The number of anilines is 2. The number of aromatic carboxylic acids is 1. The van der Waals surface area contributed by atoms with E-state index in [2.05, 4.69) is 20.0 Å². The molecule has 17 heavy (non-hydrogen) atoms. The van der Waals surface area contributed by atoms with Gasteiger partial charge >= 0.3 is 5.97 Å². The predicted molar refractivity (Wildman–Crippen MR) is 59.4 cm³/mol. The molecular formula is C10H10N4O3. The maximum atomic E-state index is 10.9. The second-order valence-electron chi connectivity index (χ2n) is 3.27. The van der Waals surface area contributed by atoms with Crippen LogP contribution in [0, 0.1) is 0 Å². The molecule has 4 N–H and O–H groups in total. The van der Waals surface area contributed by atoms with E-state index < -0.39 is 5.97 Å². The Kier molecular flexibility index (Phi) is 2.91. The van der Waals surface area contributed by atoms with Gasteiger partial charge in [-0.05, 0) is 12.1 Å². The van der Waals surface area contributed by atoms with Gasteiger partial charge in [0, 0.05) is 0 Å². The normalized spacial score (nSPS) is 10.1. The molecule has 7 nitrogen and oxygen atoms in total. The summed E-state index contributed by atoms with van der Waals surface area (Å²) >= 11 is 0. The Balaban J connectivity index is 2.16. The molecule has 0 amide bonds. The molecule has 0 radical (unpaired) electrons. The van der Waals surface area contributed by atoms with Crippen LogP contribution >= 0.6 is 0 Å². The zero-order chi connectivity index (χ0) is 12.3. The van der Waals surface area contributed by atoms with Crippen molar-refractivity contribution in [3.8, 4) is 0 Å². The molecular weight excluding hydrogens is 224 g/mol. The van der Waals surface area contributed by atoms with Gasteiger partial charge in [-0.1, -0.05) is 11.2 Å². The van der Waals surface area contributed by atoms with Gasteiger partial charge in [-0.2, -0.15) is 4.98 Å². The highest BCUT2D eigenvalue weighted by Gasteiger charge is 2.11. The Labute approximate surface area is 96.2 Å². The van der Waals surface area contributed by atoms with E-state index in [1.54, 1.807) is 12.1 Å². The third kappa shape index (κ3) is 2.33. The van der Waals surface area contributed by atoms with E-state index in [0.717, 1.165) is 0 Å². The topological polar surface area (TPSA) is 114 Å². The second kappa shape index (κ2) is 4.52. The molecule has 0 aliphatic rings. The van der Waals surface area contributed by atoms with E-state index in [9.17, 15) is 4.79 Å². The number of nitrogens with two attached hydrogens (primary N) is 1. The summed E-state index contributed by atoms with van der Waals surface area (Å²) in [5.74, 6) is -0.601. The van der Waals surface area contributed by atoms with Gasteiger partial charge in [-0.3, -0.25) is 0 Å². The molecule has 2 rings (SSSR count). The summed E-state index contributed by atoms with van der Waals surface area (Å²) < 4.78 is 4.57. The molecule has 0 saturated carbocycles. The third-order valence-corrected chi connectivity index (χ3v) is 2.18. The number of benzene rings is 1. The monoisotopic (exact) mass is 234 g/mol. The van der Waals surface area contributed by atoms with Crippen LogP contribution in [0.4, 0.5) is 11.4 Å². The molecule has 0 bridgehead atoms. The molecule has 0 saturated heterocycles. The van der Waals surface area contributed by atoms with Crippen LogP contribution in [0.15, 0.2) is 29.1 Å². The average Bonchev–Trinajstić information content (AvgIpc) is 2.80. The quantitative estimate of drug-likeness (QED) is 0.675. The lowest BCUT2D eigenvalue weighted by Gasteiger charge is -2.09. The highest BCUT2D eigenvalue weighted by molar-refractivity contribution is 5.97. The van der Waals surface area contributed by atoms with Gasteiger partial charge in [-0.15, -0.1) is 0 Å². The molecule has 0 spiro atoms.